The number of rotatable bonds is 3. The maximum Gasteiger partial charge on any atom is 0.156 e. The van der Waals surface area contributed by atoms with Crippen LogP contribution >= 0.6 is 11.8 Å². The molecule has 2 nitrogen and oxygen atoms in total. The third-order valence-corrected chi connectivity index (χ3v) is 2.89. The summed E-state index contributed by atoms with van der Waals surface area (Å²) >= 11 is 1.86. The van der Waals surface area contributed by atoms with Crippen molar-refractivity contribution in [2.75, 3.05) is 12.3 Å². The second-order valence-corrected chi connectivity index (χ2v) is 4.31. The summed E-state index contributed by atoms with van der Waals surface area (Å²) in [7, 11) is 0. The van der Waals surface area contributed by atoms with E-state index in [1.807, 2.05) is 11.8 Å². The minimum atomic E-state index is 0.617. The number of aliphatic imine (C=N–C) groups is 1. The number of thioether (sulfide) groups is 1. The standard InChI is InChI=1S/C9H18N2S/c1-3-4-6-10-9-11-8(2)5-7-12-9/h8H,3-7H2,1-2H3,(H,10,11). The molecule has 1 unspecified atom stereocenters. The molecule has 0 saturated carbocycles. The zero-order valence-electron chi connectivity index (χ0n) is 7.97. The number of nitrogens with one attached hydrogen (secondary N) is 1. The molecule has 0 spiro atoms. The van der Waals surface area contributed by atoms with Crippen LogP contribution in [0.4, 0.5) is 0 Å². The topological polar surface area (TPSA) is 24.4 Å². The lowest BCUT2D eigenvalue weighted by molar-refractivity contribution is 0.641. The molecule has 1 aliphatic rings. The van der Waals surface area contributed by atoms with Crippen molar-refractivity contribution in [1.82, 2.24) is 5.32 Å². The Labute approximate surface area is 79.2 Å². The smallest absolute Gasteiger partial charge is 0.156 e. The summed E-state index contributed by atoms with van der Waals surface area (Å²) in [5, 5.41) is 4.54. The van der Waals surface area contributed by atoms with E-state index in [2.05, 4.69) is 24.2 Å². The van der Waals surface area contributed by atoms with E-state index in [0.29, 0.717) is 6.04 Å². The van der Waals surface area contributed by atoms with Crippen LogP contribution in [0.25, 0.3) is 0 Å². The first-order valence-electron chi connectivity index (χ1n) is 4.76. The van der Waals surface area contributed by atoms with Gasteiger partial charge in [-0.05, 0) is 19.8 Å². The van der Waals surface area contributed by atoms with Crippen molar-refractivity contribution in [2.24, 2.45) is 4.99 Å². The van der Waals surface area contributed by atoms with E-state index >= 15 is 0 Å². The van der Waals surface area contributed by atoms with Crippen LogP contribution in [0.1, 0.15) is 33.1 Å². The van der Waals surface area contributed by atoms with E-state index in [1.54, 1.807) is 0 Å². The fourth-order valence-corrected chi connectivity index (χ4v) is 2.22. The van der Waals surface area contributed by atoms with E-state index in [0.717, 1.165) is 11.7 Å². The Balaban J connectivity index is 2.25. The van der Waals surface area contributed by atoms with Gasteiger partial charge in [-0.15, -0.1) is 0 Å². The van der Waals surface area contributed by atoms with Crippen LogP contribution in [-0.2, 0) is 0 Å². The molecule has 12 heavy (non-hydrogen) atoms. The molecule has 1 saturated heterocycles. The van der Waals surface area contributed by atoms with Gasteiger partial charge < -0.3 is 5.32 Å². The number of unbranched alkanes of at least 4 members (excludes halogenated alkanes) is 1. The zero-order chi connectivity index (χ0) is 8.81. The molecule has 0 amide bonds. The van der Waals surface area contributed by atoms with Gasteiger partial charge in [-0.1, -0.05) is 25.1 Å². The van der Waals surface area contributed by atoms with Crippen molar-refractivity contribution in [3.05, 3.63) is 0 Å². The van der Waals surface area contributed by atoms with Crippen LogP contribution in [0.3, 0.4) is 0 Å². The molecule has 0 bridgehead atoms. The second kappa shape index (κ2) is 5.46. The minimum Gasteiger partial charge on any atom is -0.362 e. The van der Waals surface area contributed by atoms with Gasteiger partial charge in [-0.3, -0.25) is 4.99 Å². The van der Waals surface area contributed by atoms with Crippen LogP contribution in [0, 0.1) is 0 Å². The van der Waals surface area contributed by atoms with Crippen LogP contribution in [0.15, 0.2) is 4.99 Å². The summed E-state index contributed by atoms with van der Waals surface area (Å²) in [5.74, 6) is 1.22. The summed E-state index contributed by atoms with van der Waals surface area (Å²) in [5.41, 5.74) is 0. The summed E-state index contributed by atoms with van der Waals surface area (Å²) < 4.78 is 0. The summed E-state index contributed by atoms with van der Waals surface area (Å²) in [6.07, 6.45) is 3.70. The molecule has 0 aliphatic carbocycles. The maximum atomic E-state index is 4.49. The molecule has 1 N–H and O–H groups in total. The van der Waals surface area contributed by atoms with Crippen molar-refractivity contribution in [2.45, 2.75) is 39.2 Å². The minimum absolute atomic E-state index is 0.617. The van der Waals surface area contributed by atoms with E-state index in [4.69, 9.17) is 0 Å². The first kappa shape index (κ1) is 9.90. The highest BCUT2D eigenvalue weighted by Crippen LogP contribution is 2.13. The van der Waals surface area contributed by atoms with Crippen LogP contribution in [-0.4, -0.2) is 23.5 Å². The van der Waals surface area contributed by atoms with E-state index in [-0.39, 0.29) is 0 Å². The lowest BCUT2D eigenvalue weighted by Crippen LogP contribution is -2.35. The normalized spacial score (nSPS) is 27.2. The fraction of sp³-hybridized carbons (Fsp3) is 0.889. The lowest BCUT2D eigenvalue weighted by atomic mass is 10.3. The summed E-state index contributed by atoms with van der Waals surface area (Å²) in [6.45, 7) is 5.40. The van der Waals surface area contributed by atoms with Crippen LogP contribution in [0.5, 0.6) is 0 Å². The molecular formula is C9H18N2S. The Morgan fingerprint density at radius 3 is 3.17 bits per heavy atom. The van der Waals surface area contributed by atoms with E-state index in [9.17, 15) is 0 Å². The van der Waals surface area contributed by atoms with Crippen molar-refractivity contribution >= 4 is 16.9 Å². The first-order chi connectivity index (χ1) is 5.83. The molecule has 0 aromatic carbocycles. The number of nitrogens with zero attached hydrogens (tertiary/aromatic N) is 1. The molecule has 1 fully saturated rings. The molecule has 0 radical (unpaired) electrons. The Kier molecular flexibility index (Phi) is 4.51. The zero-order valence-corrected chi connectivity index (χ0v) is 8.78. The van der Waals surface area contributed by atoms with Gasteiger partial charge >= 0.3 is 0 Å². The number of hydrogen-bond acceptors (Lipinski definition) is 2. The first-order valence-corrected chi connectivity index (χ1v) is 5.75. The molecule has 0 aromatic rings. The van der Waals surface area contributed by atoms with Gasteiger partial charge in [0.1, 0.15) is 0 Å². The van der Waals surface area contributed by atoms with E-state index < -0.39 is 0 Å². The van der Waals surface area contributed by atoms with Crippen LogP contribution < -0.4 is 5.32 Å². The quantitative estimate of drug-likeness (QED) is 0.684. The van der Waals surface area contributed by atoms with Gasteiger partial charge in [0, 0.05) is 18.3 Å². The van der Waals surface area contributed by atoms with Gasteiger partial charge in [0.25, 0.3) is 0 Å². The van der Waals surface area contributed by atoms with Crippen molar-refractivity contribution < 1.29 is 0 Å². The highest BCUT2D eigenvalue weighted by atomic mass is 32.2. The van der Waals surface area contributed by atoms with Gasteiger partial charge in [-0.2, -0.15) is 0 Å². The summed E-state index contributed by atoms with van der Waals surface area (Å²) in [4.78, 5) is 4.49. The molecule has 1 rings (SSSR count). The molecule has 3 heteroatoms. The fourth-order valence-electron chi connectivity index (χ4n) is 1.09. The van der Waals surface area contributed by atoms with Gasteiger partial charge in [0.15, 0.2) is 5.17 Å². The van der Waals surface area contributed by atoms with Crippen molar-refractivity contribution in [3.8, 4) is 0 Å². The lowest BCUT2D eigenvalue weighted by Gasteiger charge is -2.21. The Hall–Kier alpha value is -0.180. The van der Waals surface area contributed by atoms with Crippen LogP contribution in [0.2, 0.25) is 0 Å². The predicted molar refractivity (Wildman–Crippen MR) is 56.9 cm³/mol. The third kappa shape index (κ3) is 3.48. The highest BCUT2D eigenvalue weighted by molar-refractivity contribution is 8.13. The van der Waals surface area contributed by atoms with Crippen molar-refractivity contribution in [3.63, 3.8) is 0 Å². The molecule has 0 aromatic heterocycles. The van der Waals surface area contributed by atoms with Gasteiger partial charge in [0.2, 0.25) is 0 Å². The molecule has 1 atom stereocenters. The highest BCUT2D eigenvalue weighted by Gasteiger charge is 2.11. The number of hydrogen-bond donors (Lipinski definition) is 1. The molecule has 1 heterocycles. The van der Waals surface area contributed by atoms with Crippen molar-refractivity contribution in [1.29, 1.82) is 0 Å². The Morgan fingerprint density at radius 1 is 1.67 bits per heavy atom. The van der Waals surface area contributed by atoms with E-state index in [1.165, 1.54) is 25.0 Å². The maximum absolute atomic E-state index is 4.49. The monoisotopic (exact) mass is 186 g/mol. The largest absolute Gasteiger partial charge is 0.362 e. The van der Waals surface area contributed by atoms with Gasteiger partial charge in [0.05, 0.1) is 0 Å². The van der Waals surface area contributed by atoms with Gasteiger partial charge in [-0.25, -0.2) is 0 Å². The average Bonchev–Trinajstić information content (AvgIpc) is 2.05. The predicted octanol–water partition coefficient (Wildman–Crippen LogP) is 2.26. The molecular weight excluding hydrogens is 168 g/mol. The molecule has 1 aliphatic heterocycles. The second-order valence-electron chi connectivity index (χ2n) is 3.22. The summed E-state index contributed by atoms with van der Waals surface area (Å²) in [6, 6.07) is 0.617. The Bertz CT molecular complexity index is 157. The Morgan fingerprint density at radius 2 is 2.50 bits per heavy atom. The SMILES string of the molecule is CCCCN=C1NC(C)CCS1. The molecule has 70 valence electrons. The number of amidine groups is 1. The third-order valence-electron chi connectivity index (χ3n) is 1.93. The average molecular weight is 186 g/mol.